The molecule has 0 saturated carbocycles. The van der Waals surface area contributed by atoms with Crippen LogP contribution in [-0.2, 0) is 22.1 Å². The molecule has 2 aromatic carbocycles. The zero-order valence-electron chi connectivity index (χ0n) is 15.4. The second kappa shape index (κ2) is 8.30. The zero-order valence-corrected chi connectivity index (χ0v) is 15.4. The predicted octanol–water partition coefficient (Wildman–Crippen LogP) is 3.77. The number of esters is 1. The van der Waals surface area contributed by atoms with Gasteiger partial charge in [-0.05, 0) is 23.8 Å². The molecule has 1 amide bonds. The summed E-state index contributed by atoms with van der Waals surface area (Å²) in [6.07, 6.45) is -4.96. The number of benzene rings is 2. The van der Waals surface area contributed by atoms with Gasteiger partial charge in [0.25, 0.3) is 5.91 Å². The number of carbonyl (C=O) groups excluding carboxylic acids is 2. The van der Waals surface area contributed by atoms with Crippen LogP contribution in [0.25, 0.3) is 10.9 Å². The van der Waals surface area contributed by atoms with Crippen molar-refractivity contribution in [3.63, 3.8) is 0 Å². The Morgan fingerprint density at radius 3 is 2.45 bits per heavy atom. The Balaban J connectivity index is 1.86. The van der Waals surface area contributed by atoms with Gasteiger partial charge in [0.15, 0.2) is 0 Å². The maximum absolute atomic E-state index is 13.2. The first-order valence-corrected chi connectivity index (χ1v) is 8.69. The van der Waals surface area contributed by atoms with Crippen molar-refractivity contribution in [2.24, 2.45) is 0 Å². The SMILES string of the molecule is COC(=O)[C@@H](Cc1ccccc1C(F)(F)F)NC(=O)c1ccc2ccccc2n1. The number of rotatable bonds is 5. The third-order valence-electron chi connectivity index (χ3n) is 4.37. The van der Waals surface area contributed by atoms with Gasteiger partial charge in [-0.1, -0.05) is 42.5 Å². The van der Waals surface area contributed by atoms with E-state index < -0.39 is 29.7 Å². The number of halogens is 3. The second-order valence-corrected chi connectivity index (χ2v) is 6.30. The number of nitrogens with zero attached hydrogens (tertiary/aromatic N) is 1. The van der Waals surface area contributed by atoms with Crippen molar-refractivity contribution in [2.45, 2.75) is 18.6 Å². The molecule has 0 aliphatic carbocycles. The highest BCUT2D eigenvalue weighted by molar-refractivity contribution is 5.97. The molecule has 0 fully saturated rings. The van der Waals surface area contributed by atoms with Crippen molar-refractivity contribution in [1.82, 2.24) is 10.3 Å². The minimum Gasteiger partial charge on any atom is -0.467 e. The molecule has 1 heterocycles. The molecule has 0 radical (unpaired) electrons. The van der Waals surface area contributed by atoms with Gasteiger partial charge in [-0.2, -0.15) is 13.2 Å². The molecule has 5 nitrogen and oxygen atoms in total. The molecule has 0 spiro atoms. The first-order chi connectivity index (χ1) is 13.8. The third kappa shape index (κ3) is 4.71. The van der Waals surface area contributed by atoms with Crippen LogP contribution in [0.15, 0.2) is 60.7 Å². The van der Waals surface area contributed by atoms with Crippen LogP contribution >= 0.6 is 0 Å². The van der Waals surface area contributed by atoms with Crippen LogP contribution in [0.2, 0.25) is 0 Å². The highest BCUT2D eigenvalue weighted by atomic mass is 19.4. The van der Waals surface area contributed by atoms with Crippen molar-refractivity contribution in [3.8, 4) is 0 Å². The molecule has 150 valence electrons. The number of para-hydroxylation sites is 1. The number of nitrogens with one attached hydrogen (secondary N) is 1. The average Bonchev–Trinajstić information content (AvgIpc) is 2.71. The molecule has 0 aliphatic rings. The third-order valence-corrected chi connectivity index (χ3v) is 4.37. The summed E-state index contributed by atoms with van der Waals surface area (Å²) in [6.45, 7) is 0. The van der Waals surface area contributed by atoms with Crippen LogP contribution in [0, 0.1) is 0 Å². The molecule has 3 rings (SSSR count). The Morgan fingerprint density at radius 1 is 1.03 bits per heavy atom. The fourth-order valence-corrected chi connectivity index (χ4v) is 2.95. The van der Waals surface area contributed by atoms with Crippen molar-refractivity contribution >= 4 is 22.8 Å². The molecule has 3 aromatic rings. The number of aromatic nitrogens is 1. The number of ether oxygens (including phenoxy) is 1. The summed E-state index contributed by atoms with van der Waals surface area (Å²) in [6, 6.07) is 13.9. The number of amides is 1. The second-order valence-electron chi connectivity index (χ2n) is 6.30. The van der Waals surface area contributed by atoms with E-state index in [0.29, 0.717) is 5.52 Å². The molecule has 29 heavy (non-hydrogen) atoms. The molecule has 1 N–H and O–H groups in total. The first kappa shape index (κ1) is 20.3. The molecule has 0 unspecified atom stereocenters. The van der Waals surface area contributed by atoms with Gasteiger partial charge in [0, 0.05) is 11.8 Å². The summed E-state index contributed by atoms with van der Waals surface area (Å²) in [4.78, 5) is 28.9. The lowest BCUT2D eigenvalue weighted by Gasteiger charge is -2.19. The van der Waals surface area contributed by atoms with E-state index >= 15 is 0 Å². The Hall–Kier alpha value is -3.42. The summed E-state index contributed by atoms with van der Waals surface area (Å²) in [5, 5.41) is 3.26. The molecule has 8 heteroatoms. The fourth-order valence-electron chi connectivity index (χ4n) is 2.95. The topological polar surface area (TPSA) is 68.3 Å². The van der Waals surface area contributed by atoms with Gasteiger partial charge in [-0.3, -0.25) is 4.79 Å². The lowest BCUT2D eigenvalue weighted by atomic mass is 9.99. The van der Waals surface area contributed by atoms with Gasteiger partial charge in [-0.25, -0.2) is 9.78 Å². The van der Waals surface area contributed by atoms with Gasteiger partial charge in [0.1, 0.15) is 11.7 Å². The van der Waals surface area contributed by atoms with Gasteiger partial charge < -0.3 is 10.1 Å². The normalized spacial score (nSPS) is 12.4. The fraction of sp³-hybridized carbons (Fsp3) is 0.190. The molecular weight excluding hydrogens is 385 g/mol. The van der Waals surface area contributed by atoms with Crippen LogP contribution in [0.1, 0.15) is 21.6 Å². The molecule has 1 atom stereocenters. The molecular formula is C21H17F3N2O3. The highest BCUT2D eigenvalue weighted by Crippen LogP contribution is 2.32. The van der Waals surface area contributed by atoms with E-state index in [1.165, 1.54) is 24.3 Å². The van der Waals surface area contributed by atoms with E-state index in [1.807, 2.05) is 12.1 Å². The lowest BCUT2D eigenvalue weighted by Crippen LogP contribution is -2.43. The van der Waals surface area contributed by atoms with Crippen LogP contribution in [-0.4, -0.2) is 30.0 Å². The predicted molar refractivity (Wildman–Crippen MR) is 100 cm³/mol. The monoisotopic (exact) mass is 402 g/mol. The van der Waals surface area contributed by atoms with Gasteiger partial charge >= 0.3 is 12.1 Å². The maximum atomic E-state index is 13.2. The Labute approximate surface area is 164 Å². The Kier molecular flexibility index (Phi) is 5.81. The minimum absolute atomic E-state index is 0.0432. The zero-order chi connectivity index (χ0) is 21.0. The number of fused-ring (bicyclic) bond motifs is 1. The maximum Gasteiger partial charge on any atom is 0.416 e. The van der Waals surface area contributed by atoms with Crippen molar-refractivity contribution in [2.75, 3.05) is 7.11 Å². The number of pyridine rings is 1. The van der Waals surface area contributed by atoms with Crippen molar-refractivity contribution < 1.29 is 27.5 Å². The van der Waals surface area contributed by atoms with Crippen LogP contribution in [0.3, 0.4) is 0 Å². The Bertz CT molecular complexity index is 1050. The summed E-state index contributed by atoms with van der Waals surface area (Å²) in [5.74, 6) is -1.54. The number of carbonyl (C=O) groups is 2. The van der Waals surface area contributed by atoms with E-state index in [2.05, 4.69) is 15.0 Å². The first-order valence-electron chi connectivity index (χ1n) is 8.69. The molecule has 1 aromatic heterocycles. The largest absolute Gasteiger partial charge is 0.467 e. The van der Waals surface area contributed by atoms with Gasteiger partial charge in [0.2, 0.25) is 0 Å². The summed E-state index contributed by atoms with van der Waals surface area (Å²) < 4.78 is 44.4. The van der Waals surface area contributed by atoms with Gasteiger partial charge in [0.05, 0.1) is 18.2 Å². The Morgan fingerprint density at radius 2 is 1.72 bits per heavy atom. The quantitative estimate of drug-likeness (QED) is 0.660. The number of methoxy groups -OCH3 is 1. The van der Waals surface area contributed by atoms with Gasteiger partial charge in [-0.15, -0.1) is 0 Å². The van der Waals surface area contributed by atoms with Crippen molar-refractivity contribution in [1.29, 1.82) is 0 Å². The smallest absolute Gasteiger partial charge is 0.416 e. The van der Waals surface area contributed by atoms with E-state index in [0.717, 1.165) is 18.6 Å². The van der Waals surface area contributed by atoms with E-state index in [-0.39, 0.29) is 17.7 Å². The van der Waals surface area contributed by atoms with E-state index in [1.54, 1.807) is 18.2 Å². The van der Waals surface area contributed by atoms with E-state index in [9.17, 15) is 22.8 Å². The van der Waals surface area contributed by atoms with E-state index in [4.69, 9.17) is 0 Å². The summed E-state index contributed by atoms with van der Waals surface area (Å²) >= 11 is 0. The van der Waals surface area contributed by atoms with Crippen LogP contribution in [0.5, 0.6) is 0 Å². The standard InChI is InChI=1S/C21H17F3N2O3/c1-29-20(28)18(12-14-7-2-4-8-15(14)21(22,23)24)26-19(27)17-11-10-13-6-3-5-9-16(13)25-17/h2-11,18H,12H2,1H3,(H,26,27)/t18-/m1/s1. The average molecular weight is 402 g/mol. The van der Waals surface area contributed by atoms with Crippen LogP contribution < -0.4 is 5.32 Å². The van der Waals surface area contributed by atoms with Crippen LogP contribution in [0.4, 0.5) is 13.2 Å². The highest BCUT2D eigenvalue weighted by Gasteiger charge is 2.34. The molecule has 0 aliphatic heterocycles. The number of alkyl halides is 3. The molecule has 0 saturated heterocycles. The number of hydrogen-bond donors (Lipinski definition) is 1. The number of hydrogen-bond acceptors (Lipinski definition) is 4. The van der Waals surface area contributed by atoms with Crippen molar-refractivity contribution in [3.05, 3.63) is 77.5 Å². The molecule has 0 bridgehead atoms. The summed E-state index contributed by atoms with van der Waals surface area (Å²) in [7, 11) is 1.10. The minimum atomic E-state index is -4.58. The summed E-state index contributed by atoms with van der Waals surface area (Å²) in [5.41, 5.74) is -0.368. The lowest BCUT2D eigenvalue weighted by molar-refractivity contribution is -0.144.